The third-order valence-electron chi connectivity index (χ3n) is 8.51. The summed E-state index contributed by atoms with van der Waals surface area (Å²) in [6.45, 7) is 25.7. The molecule has 0 atom stereocenters. The number of H-pyrrole nitrogens is 1. The molecule has 1 aliphatic heterocycles. The first-order chi connectivity index (χ1) is 31.0. The van der Waals surface area contributed by atoms with E-state index < -0.39 is 0 Å². The molecule has 1 aliphatic rings. The molecule has 0 radical (unpaired) electrons. The second-order valence-electron chi connectivity index (χ2n) is 12.6. The summed E-state index contributed by atoms with van der Waals surface area (Å²) in [4.78, 5) is 11.1. The molecular weight excluding hydrogens is 827 g/mol. The van der Waals surface area contributed by atoms with Gasteiger partial charge in [0.05, 0.1) is 12.0 Å². The summed E-state index contributed by atoms with van der Waals surface area (Å²) in [7, 11) is 0. The number of thiazole rings is 1. The van der Waals surface area contributed by atoms with E-state index in [1.165, 1.54) is 37.7 Å². The number of hydrogen-bond acceptors (Lipinski definition) is 7. The van der Waals surface area contributed by atoms with E-state index in [0.29, 0.717) is 6.79 Å². The Morgan fingerprint density at radius 2 is 1.25 bits per heavy atom. The lowest BCUT2D eigenvalue weighted by atomic mass is 10.2. The summed E-state index contributed by atoms with van der Waals surface area (Å²) < 4.78 is 16.5. The molecule has 0 aliphatic carbocycles. The molecule has 6 nitrogen and oxygen atoms in total. The number of ether oxygens (including phenoxy) is 2. The van der Waals surface area contributed by atoms with Crippen molar-refractivity contribution in [2.75, 3.05) is 6.79 Å². The monoisotopic (exact) mass is 881 g/mol. The number of benzene rings is 4. The summed E-state index contributed by atoms with van der Waals surface area (Å²) in [5.41, 5.74) is 6.72. The predicted octanol–water partition coefficient (Wildman–Crippen LogP) is 16.8. The number of fused-ring (bicyclic) bond motifs is 3. The van der Waals surface area contributed by atoms with E-state index in [4.69, 9.17) is 13.9 Å². The minimum absolute atomic E-state index is 0. The van der Waals surface area contributed by atoms with Crippen molar-refractivity contribution in [2.45, 2.75) is 7.43 Å². The second kappa shape index (κ2) is 29.5. The van der Waals surface area contributed by atoms with E-state index in [1.54, 1.807) is 65.6 Å². The van der Waals surface area contributed by atoms with Gasteiger partial charge in [0, 0.05) is 39.6 Å². The van der Waals surface area contributed by atoms with Crippen molar-refractivity contribution in [3.8, 4) is 11.5 Å². The first-order valence-electron chi connectivity index (χ1n) is 19.6. The van der Waals surface area contributed by atoms with Gasteiger partial charge in [-0.2, -0.15) is 0 Å². The van der Waals surface area contributed by atoms with Gasteiger partial charge in [-0.1, -0.05) is 157 Å². The molecule has 0 saturated carbocycles. The van der Waals surface area contributed by atoms with Gasteiger partial charge >= 0.3 is 0 Å². The number of aromatic nitrogens is 3. The maximum Gasteiger partial charge on any atom is 0.231 e. The van der Waals surface area contributed by atoms with Crippen LogP contribution in [0.1, 0.15) is 46.1 Å². The van der Waals surface area contributed by atoms with Crippen LogP contribution in [0.5, 0.6) is 11.5 Å². The Kier molecular flexibility index (Phi) is 23.3. The van der Waals surface area contributed by atoms with Gasteiger partial charge < -0.3 is 18.9 Å². The number of rotatable bonds is 7. The molecule has 6 heterocycles. The van der Waals surface area contributed by atoms with Crippen LogP contribution in [0.2, 0.25) is 0 Å². The van der Waals surface area contributed by atoms with E-state index in [2.05, 4.69) is 103 Å². The first kappa shape index (κ1) is 50.6. The summed E-state index contributed by atoms with van der Waals surface area (Å²) >= 11 is 3.36. The zero-order chi connectivity index (χ0) is 44.9. The maximum atomic E-state index is 5.17. The molecule has 4 aromatic carbocycles. The van der Waals surface area contributed by atoms with Crippen molar-refractivity contribution < 1.29 is 13.9 Å². The van der Waals surface area contributed by atoms with Crippen LogP contribution in [-0.4, -0.2) is 21.7 Å². The van der Waals surface area contributed by atoms with Gasteiger partial charge in [-0.05, 0) is 99.8 Å². The number of furan rings is 1. The fraction of sp³-hybridized carbons (Fsp3) is 0.0357. The lowest BCUT2D eigenvalue weighted by Crippen LogP contribution is -1.92. The fourth-order valence-corrected chi connectivity index (χ4v) is 6.71. The highest BCUT2D eigenvalue weighted by Gasteiger charge is 2.11. The molecule has 0 amide bonds. The van der Waals surface area contributed by atoms with Crippen LogP contribution < -0.4 is 9.47 Å². The quantitative estimate of drug-likeness (QED) is 0.173. The van der Waals surface area contributed by atoms with Crippen molar-refractivity contribution in [1.82, 2.24) is 15.0 Å². The van der Waals surface area contributed by atoms with Crippen molar-refractivity contribution >= 4 is 86.2 Å². The van der Waals surface area contributed by atoms with Crippen LogP contribution in [0.15, 0.2) is 213 Å². The lowest BCUT2D eigenvalue weighted by Gasteiger charge is -1.95. The Morgan fingerprint density at radius 3 is 1.81 bits per heavy atom. The number of nitrogens with zero attached hydrogens (tertiary/aromatic N) is 2. The minimum Gasteiger partial charge on any atom is -0.465 e. The summed E-state index contributed by atoms with van der Waals surface area (Å²) in [5, 5.41) is 7.60. The smallest absolute Gasteiger partial charge is 0.231 e. The molecule has 0 spiro atoms. The molecule has 5 aromatic heterocycles. The average molecular weight is 882 g/mol. The minimum atomic E-state index is 0. The van der Waals surface area contributed by atoms with Crippen molar-refractivity contribution in [1.29, 1.82) is 0 Å². The van der Waals surface area contributed by atoms with Crippen molar-refractivity contribution in [3.05, 3.63) is 248 Å². The molecule has 0 unspecified atom stereocenters. The highest BCUT2D eigenvalue weighted by molar-refractivity contribution is 7.17. The Labute approximate surface area is 386 Å². The van der Waals surface area contributed by atoms with E-state index >= 15 is 0 Å². The molecule has 324 valence electrons. The van der Waals surface area contributed by atoms with Crippen LogP contribution >= 0.6 is 22.7 Å². The van der Waals surface area contributed by atoms with Crippen LogP contribution in [0.3, 0.4) is 0 Å². The summed E-state index contributed by atoms with van der Waals surface area (Å²) in [6, 6.07) is 41.8. The molecule has 1 N–H and O–H groups in total. The van der Waals surface area contributed by atoms with Crippen molar-refractivity contribution in [2.24, 2.45) is 0 Å². The standard InChI is InChI=1S/C10H9N.C10H8S.C9H8O2.C8H8.C7H7N.C6H6O.C5H5NS.CH4/c2*1-2-8-7-11-10-6-4-3-5-9(8)10;1-2-7-3-4-8-9(5-7)11-6-10-8;1-2-8-6-4-3-5-7-8;1-2-7-5-3-4-6-8-7;1-2-6-4-3-5-7-6;1-2-5-6-3-4-7-5;/h2-7,11H,1H2;2-7H,1H2;2-5H,1,6H2;2-7H,1H2;2-6H,1H2;2-5H,1H2;2-4H,1H2;1H4. The van der Waals surface area contributed by atoms with Gasteiger partial charge in [0.1, 0.15) is 10.8 Å². The zero-order valence-corrected chi connectivity index (χ0v) is 36.9. The molecule has 8 heteroatoms. The van der Waals surface area contributed by atoms with Gasteiger partial charge in [0.25, 0.3) is 0 Å². The molecule has 64 heavy (non-hydrogen) atoms. The molecule has 10 rings (SSSR count). The number of pyridine rings is 1. The number of aromatic amines is 1. The highest BCUT2D eigenvalue weighted by atomic mass is 32.1. The second-order valence-corrected chi connectivity index (χ2v) is 14.4. The molecular formula is C56H55N3O3S2. The van der Waals surface area contributed by atoms with E-state index in [-0.39, 0.29) is 7.43 Å². The lowest BCUT2D eigenvalue weighted by molar-refractivity contribution is 0.174. The fourth-order valence-electron chi connectivity index (χ4n) is 5.29. The topological polar surface area (TPSA) is 73.2 Å². The molecule has 0 fully saturated rings. The van der Waals surface area contributed by atoms with Crippen LogP contribution in [0.4, 0.5) is 0 Å². The Morgan fingerprint density at radius 1 is 0.547 bits per heavy atom. The summed E-state index contributed by atoms with van der Waals surface area (Å²) in [5.74, 6) is 2.44. The number of para-hydroxylation sites is 1. The Hall–Kier alpha value is -7.78. The van der Waals surface area contributed by atoms with E-state index in [9.17, 15) is 0 Å². The normalized spacial score (nSPS) is 9.75. The van der Waals surface area contributed by atoms with Gasteiger partial charge in [-0.25, -0.2) is 4.98 Å². The maximum absolute atomic E-state index is 5.17. The Bertz CT molecular complexity index is 2570. The van der Waals surface area contributed by atoms with Crippen LogP contribution in [0, 0.1) is 0 Å². The van der Waals surface area contributed by atoms with Crippen LogP contribution in [0.25, 0.3) is 63.5 Å². The SMILES string of the molecule is C.C=Cc1c[nH]c2ccccc12.C=Cc1ccc2c(c1)OCO2.C=Cc1ccccc1.C=Cc1ccccn1.C=Cc1ccco1.C=Cc1csc2ccccc12.C=Cc1nccs1. The third kappa shape index (κ3) is 16.9. The van der Waals surface area contributed by atoms with Gasteiger partial charge in [-0.3, -0.25) is 4.98 Å². The first-order valence-corrected chi connectivity index (χ1v) is 21.4. The van der Waals surface area contributed by atoms with Crippen LogP contribution in [-0.2, 0) is 0 Å². The number of hydrogen-bond donors (Lipinski definition) is 1. The third-order valence-corrected chi connectivity index (χ3v) is 10.3. The summed E-state index contributed by atoms with van der Waals surface area (Å²) in [6.07, 6.45) is 19.6. The van der Waals surface area contributed by atoms with Gasteiger partial charge in [-0.15, -0.1) is 22.7 Å². The Balaban J connectivity index is 0.000000200. The highest BCUT2D eigenvalue weighted by Crippen LogP contribution is 2.32. The molecule has 0 bridgehead atoms. The van der Waals surface area contributed by atoms with Gasteiger partial charge in [0.2, 0.25) is 6.79 Å². The average Bonchev–Trinajstić information content (AvgIpc) is 4.23. The molecule has 9 aromatic rings. The largest absolute Gasteiger partial charge is 0.465 e. The van der Waals surface area contributed by atoms with E-state index in [1.807, 2.05) is 121 Å². The zero-order valence-electron chi connectivity index (χ0n) is 35.2. The van der Waals surface area contributed by atoms with E-state index in [0.717, 1.165) is 33.5 Å². The number of nitrogens with one attached hydrogen (secondary N) is 1. The number of thiophene rings is 1. The van der Waals surface area contributed by atoms with Crippen molar-refractivity contribution in [3.63, 3.8) is 0 Å². The van der Waals surface area contributed by atoms with Gasteiger partial charge in [0.15, 0.2) is 11.5 Å². The molecule has 0 saturated heterocycles. The predicted molar refractivity (Wildman–Crippen MR) is 282 cm³/mol.